The molecule has 0 saturated carbocycles. The number of ketones is 1. The highest BCUT2D eigenvalue weighted by Gasteiger charge is 2.40. The Hall–Kier alpha value is -3.52. The molecule has 146 valence electrons. The van der Waals surface area contributed by atoms with Gasteiger partial charge in [-0.25, -0.2) is 0 Å². The van der Waals surface area contributed by atoms with Crippen molar-refractivity contribution in [1.82, 2.24) is 0 Å². The molecule has 1 heterocycles. The van der Waals surface area contributed by atoms with E-state index in [-0.39, 0.29) is 23.2 Å². The van der Waals surface area contributed by atoms with Gasteiger partial charge in [-0.15, -0.1) is 0 Å². The van der Waals surface area contributed by atoms with Gasteiger partial charge < -0.3 is 15.2 Å². The van der Waals surface area contributed by atoms with Crippen LogP contribution in [-0.4, -0.2) is 12.9 Å². The van der Waals surface area contributed by atoms with Crippen molar-refractivity contribution >= 4 is 5.78 Å². The van der Waals surface area contributed by atoms with Crippen LogP contribution in [0, 0.1) is 18.3 Å². The van der Waals surface area contributed by atoms with E-state index in [1.807, 2.05) is 43.3 Å². The first-order valence-corrected chi connectivity index (χ1v) is 9.56. The van der Waals surface area contributed by atoms with Crippen molar-refractivity contribution in [2.45, 2.75) is 31.6 Å². The molecule has 4 rings (SSSR count). The highest BCUT2D eigenvalue weighted by molar-refractivity contribution is 6.00. The second-order valence-corrected chi connectivity index (χ2v) is 7.47. The Morgan fingerprint density at radius 2 is 1.72 bits per heavy atom. The maximum absolute atomic E-state index is 13.2. The number of rotatable bonds is 3. The Labute approximate surface area is 170 Å². The number of carbonyl (C=O) groups is 1. The van der Waals surface area contributed by atoms with Crippen molar-refractivity contribution < 1.29 is 14.3 Å². The second-order valence-electron chi connectivity index (χ2n) is 7.47. The molecule has 0 unspecified atom stereocenters. The Kier molecular flexibility index (Phi) is 4.85. The largest absolute Gasteiger partial charge is 0.497 e. The third kappa shape index (κ3) is 3.38. The van der Waals surface area contributed by atoms with Crippen LogP contribution in [0.1, 0.15) is 41.4 Å². The fraction of sp³-hybridized carbons (Fsp3) is 0.250. The lowest BCUT2D eigenvalue weighted by atomic mass is 9.73. The van der Waals surface area contributed by atoms with Gasteiger partial charge in [0.1, 0.15) is 23.2 Å². The Bertz CT molecular complexity index is 1060. The first-order valence-electron chi connectivity index (χ1n) is 9.56. The van der Waals surface area contributed by atoms with Gasteiger partial charge in [0.2, 0.25) is 5.88 Å². The van der Waals surface area contributed by atoms with Crippen LogP contribution in [0.25, 0.3) is 0 Å². The van der Waals surface area contributed by atoms with Crippen LogP contribution < -0.4 is 10.5 Å². The molecule has 0 spiro atoms. The van der Waals surface area contributed by atoms with Crippen molar-refractivity contribution in [2.24, 2.45) is 5.73 Å². The number of Topliss-reactive ketones (excluding diaryl/α,β-unsaturated/α-hetero) is 1. The molecule has 1 aliphatic heterocycles. The molecule has 0 saturated heterocycles. The number of carbonyl (C=O) groups excluding carboxylic acids is 1. The van der Waals surface area contributed by atoms with Crippen LogP contribution in [0.3, 0.4) is 0 Å². The van der Waals surface area contributed by atoms with E-state index in [1.165, 1.54) is 5.56 Å². The maximum Gasteiger partial charge on any atom is 0.205 e. The SMILES string of the molecule is COc1ccc([C@@H]2C(C#N)=C(N)OC3=C2C(=O)C[C@H](c2ccc(C)cc2)C3)cc1. The molecule has 29 heavy (non-hydrogen) atoms. The molecule has 0 amide bonds. The minimum Gasteiger partial charge on any atom is -0.497 e. The Morgan fingerprint density at radius 1 is 1.07 bits per heavy atom. The first kappa shape index (κ1) is 18.8. The van der Waals surface area contributed by atoms with Crippen molar-refractivity contribution in [3.63, 3.8) is 0 Å². The van der Waals surface area contributed by atoms with E-state index >= 15 is 0 Å². The lowest BCUT2D eigenvalue weighted by molar-refractivity contribution is -0.117. The normalized spacial score (nSPS) is 21.3. The van der Waals surface area contributed by atoms with E-state index in [1.54, 1.807) is 7.11 Å². The third-order valence-corrected chi connectivity index (χ3v) is 5.66. The van der Waals surface area contributed by atoms with Gasteiger partial charge in [0, 0.05) is 18.4 Å². The quantitative estimate of drug-likeness (QED) is 0.854. The Morgan fingerprint density at radius 3 is 2.34 bits per heavy atom. The van der Waals surface area contributed by atoms with E-state index in [4.69, 9.17) is 15.2 Å². The van der Waals surface area contributed by atoms with E-state index < -0.39 is 5.92 Å². The first-order chi connectivity index (χ1) is 14.0. The molecule has 2 atom stereocenters. The van der Waals surface area contributed by atoms with Gasteiger partial charge in [0.05, 0.1) is 13.0 Å². The molecule has 0 fully saturated rings. The summed E-state index contributed by atoms with van der Waals surface area (Å²) in [6.45, 7) is 2.04. The number of benzene rings is 2. The average Bonchev–Trinajstić information content (AvgIpc) is 2.73. The Balaban J connectivity index is 1.75. The van der Waals surface area contributed by atoms with Crippen LogP contribution >= 0.6 is 0 Å². The molecule has 5 heteroatoms. The van der Waals surface area contributed by atoms with Gasteiger partial charge in [-0.05, 0) is 36.1 Å². The van der Waals surface area contributed by atoms with E-state index in [9.17, 15) is 10.1 Å². The van der Waals surface area contributed by atoms with Gasteiger partial charge in [0.25, 0.3) is 0 Å². The van der Waals surface area contributed by atoms with E-state index in [2.05, 4.69) is 18.2 Å². The van der Waals surface area contributed by atoms with E-state index in [0.717, 1.165) is 11.1 Å². The van der Waals surface area contributed by atoms with Gasteiger partial charge in [-0.3, -0.25) is 4.79 Å². The summed E-state index contributed by atoms with van der Waals surface area (Å²) < 4.78 is 11.0. The number of hydrogen-bond acceptors (Lipinski definition) is 5. The predicted molar refractivity (Wildman–Crippen MR) is 109 cm³/mol. The van der Waals surface area contributed by atoms with Crippen LogP contribution in [-0.2, 0) is 9.53 Å². The molecule has 2 aromatic rings. The minimum absolute atomic E-state index is 0.00195. The zero-order valence-electron chi connectivity index (χ0n) is 16.4. The molecule has 2 aromatic carbocycles. The zero-order chi connectivity index (χ0) is 20.5. The summed E-state index contributed by atoms with van der Waals surface area (Å²) in [7, 11) is 1.60. The summed E-state index contributed by atoms with van der Waals surface area (Å²) >= 11 is 0. The van der Waals surface area contributed by atoms with E-state index in [0.29, 0.717) is 29.9 Å². The highest BCUT2D eigenvalue weighted by Crippen LogP contribution is 2.46. The van der Waals surface area contributed by atoms with Gasteiger partial charge in [-0.1, -0.05) is 42.0 Å². The minimum atomic E-state index is -0.513. The van der Waals surface area contributed by atoms with Crippen molar-refractivity contribution in [3.8, 4) is 11.8 Å². The van der Waals surface area contributed by atoms with Crippen LogP contribution in [0.4, 0.5) is 0 Å². The standard InChI is InChI=1S/C24H22N2O3/c1-14-3-5-15(6-4-14)17-11-20(27)23-21(12-17)29-24(26)19(13-25)22(23)16-7-9-18(28-2)10-8-16/h3-10,17,22H,11-12,26H2,1-2H3/t17-,22+/m0/s1. The third-order valence-electron chi connectivity index (χ3n) is 5.66. The number of ether oxygens (including phenoxy) is 2. The van der Waals surface area contributed by atoms with Crippen LogP contribution in [0.2, 0.25) is 0 Å². The number of nitrogens with zero attached hydrogens (tertiary/aromatic N) is 1. The summed E-state index contributed by atoms with van der Waals surface area (Å²) in [5.41, 5.74) is 10.0. The van der Waals surface area contributed by atoms with Crippen molar-refractivity contribution in [2.75, 3.05) is 7.11 Å². The highest BCUT2D eigenvalue weighted by atomic mass is 16.5. The number of methoxy groups -OCH3 is 1. The number of nitrogens with two attached hydrogens (primary N) is 1. The second kappa shape index (κ2) is 7.48. The number of nitriles is 1. The molecule has 1 aliphatic carbocycles. The lowest BCUT2D eigenvalue weighted by Crippen LogP contribution is -2.29. The van der Waals surface area contributed by atoms with Crippen molar-refractivity contribution in [3.05, 3.63) is 88.0 Å². The maximum atomic E-state index is 13.2. The molecule has 2 N–H and O–H groups in total. The van der Waals surface area contributed by atoms with Crippen LogP contribution in [0.5, 0.6) is 5.75 Å². The predicted octanol–water partition coefficient (Wildman–Crippen LogP) is 4.21. The van der Waals surface area contributed by atoms with Crippen molar-refractivity contribution in [1.29, 1.82) is 5.26 Å². The fourth-order valence-electron chi connectivity index (χ4n) is 4.11. The van der Waals surface area contributed by atoms with Gasteiger partial charge in [-0.2, -0.15) is 5.26 Å². The molecule has 0 aromatic heterocycles. The molecule has 5 nitrogen and oxygen atoms in total. The molecule has 2 aliphatic rings. The molecule has 0 bridgehead atoms. The summed E-state index contributed by atoms with van der Waals surface area (Å²) in [5.74, 6) is 0.877. The molecule has 0 radical (unpaired) electrons. The zero-order valence-corrected chi connectivity index (χ0v) is 16.4. The van der Waals surface area contributed by atoms with Crippen LogP contribution in [0.15, 0.2) is 71.3 Å². The average molecular weight is 386 g/mol. The fourth-order valence-corrected chi connectivity index (χ4v) is 4.11. The summed E-state index contributed by atoms with van der Waals surface area (Å²) in [5, 5.41) is 9.70. The topological polar surface area (TPSA) is 85.3 Å². The number of hydrogen-bond donors (Lipinski definition) is 1. The number of aryl methyl sites for hydroxylation is 1. The summed E-state index contributed by atoms with van der Waals surface area (Å²) in [6.07, 6.45) is 0.965. The summed E-state index contributed by atoms with van der Waals surface area (Å²) in [6, 6.07) is 17.7. The van der Waals surface area contributed by atoms with Gasteiger partial charge >= 0.3 is 0 Å². The summed E-state index contributed by atoms with van der Waals surface area (Å²) in [4.78, 5) is 13.2. The number of allylic oxidation sites excluding steroid dienone is 3. The monoisotopic (exact) mass is 386 g/mol. The molecular weight excluding hydrogens is 364 g/mol. The molecular formula is C24H22N2O3. The van der Waals surface area contributed by atoms with Gasteiger partial charge in [0.15, 0.2) is 5.78 Å². The smallest absolute Gasteiger partial charge is 0.205 e. The lowest BCUT2D eigenvalue weighted by Gasteiger charge is -2.34.